The molecule has 2 nitrogen and oxygen atoms in total. The third kappa shape index (κ3) is 4.24. The van der Waals surface area contributed by atoms with Crippen LogP contribution in [-0.4, -0.2) is 11.7 Å². The Morgan fingerprint density at radius 1 is 1.15 bits per heavy atom. The van der Waals surface area contributed by atoms with Gasteiger partial charge in [-0.05, 0) is 71.2 Å². The molecule has 0 aromatic heterocycles. The minimum atomic E-state index is -0.0505. The first kappa shape index (κ1) is 15.4. The summed E-state index contributed by atoms with van der Waals surface area (Å²) in [7, 11) is 0. The van der Waals surface area contributed by atoms with E-state index in [1.807, 2.05) is 48.5 Å². The summed E-state index contributed by atoms with van der Waals surface area (Å²) >= 11 is 3.97. The number of halogens is 1. The molecule has 4 heteroatoms. The lowest BCUT2D eigenvalue weighted by Gasteiger charge is -2.09. The van der Waals surface area contributed by atoms with Crippen molar-refractivity contribution in [3.8, 4) is 0 Å². The van der Waals surface area contributed by atoms with Crippen molar-refractivity contribution in [1.29, 1.82) is 0 Å². The lowest BCUT2D eigenvalue weighted by atomic mass is 10.2. The summed E-state index contributed by atoms with van der Waals surface area (Å²) in [5.74, 6) is 0.971. The molecule has 1 amide bonds. The van der Waals surface area contributed by atoms with Crippen molar-refractivity contribution in [2.24, 2.45) is 0 Å². The maximum absolute atomic E-state index is 12.4. The van der Waals surface area contributed by atoms with Crippen molar-refractivity contribution >= 4 is 45.9 Å². The minimum Gasteiger partial charge on any atom is -0.322 e. The van der Waals surface area contributed by atoms with Gasteiger partial charge in [0.2, 0.25) is 0 Å². The second-order valence-electron chi connectivity index (χ2n) is 4.31. The molecule has 104 valence electrons. The molecule has 0 aliphatic carbocycles. The third-order valence-corrected chi connectivity index (χ3v) is 4.69. The first-order valence-electron chi connectivity index (χ1n) is 6.49. The monoisotopic (exact) mass is 397 g/mol. The van der Waals surface area contributed by atoms with E-state index >= 15 is 0 Å². The average molecular weight is 397 g/mol. The van der Waals surface area contributed by atoms with Gasteiger partial charge in [-0.3, -0.25) is 4.79 Å². The molecule has 0 fully saturated rings. The first-order chi connectivity index (χ1) is 9.70. The fraction of sp³-hybridized carbons (Fsp3) is 0.188. The van der Waals surface area contributed by atoms with Crippen molar-refractivity contribution in [3.63, 3.8) is 0 Å². The number of benzene rings is 2. The highest BCUT2D eigenvalue weighted by Gasteiger charge is 2.11. The van der Waals surface area contributed by atoms with Gasteiger partial charge in [0, 0.05) is 14.2 Å². The van der Waals surface area contributed by atoms with Gasteiger partial charge in [0.1, 0.15) is 0 Å². The summed E-state index contributed by atoms with van der Waals surface area (Å²) in [5, 5.41) is 2.95. The zero-order chi connectivity index (χ0) is 14.4. The molecule has 0 bridgehead atoms. The second-order valence-corrected chi connectivity index (χ2v) is 6.69. The van der Waals surface area contributed by atoms with Gasteiger partial charge in [0.25, 0.3) is 5.91 Å². The molecular weight excluding hydrogens is 381 g/mol. The number of anilines is 1. The summed E-state index contributed by atoms with van der Waals surface area (Å²) in [6.45, 7) is 2.14. The zero-order valence-corrected chi connectivity index (χ0v) is 14.2. The number of amides is 1. The molecule has 0 aliphatic heterocycles. The van der Waals surface area contributed by atoms with Crippen LogP contribution in [0.4, 0.5) is 5.69 Å². The zero-order valence-electron chi connectivity index (χ0n) is 11.2. The van der Waals surface area contributed by atoms with Crippen molar-refractivity contribution in [3.05, 3.63) is 57.7 Å². The number of carbonyl (C=O) groups is 1. The van der Waals surface area contributed by atoms with Crippen LogP contribution in [0.25, 0.3) is 0 Å². The summed E-state index contributed by atoms with van der Waals surface area (Å²) in [4.78, 5) is 13.4. The standard InChI is InChI=1S/C16H16INOS/c1-2-11-20-15-6-4-3-5-14(15)16(19)18-13-9-7-12(17)8-10-13/h3-10H,2,11H2,1H3,(H,18,19). The number of carbonyl (C=O) groups excluding carboxylic acids is 1. The average Bonchev–Trinajstić information content (AvgIpc) is 2.47. The Labute approximate surface area is 137 Å². The fourth-order valence-corrected chi connectivity index (χ4v) is 3.00. The fourth-order valence-electron chi connectivity index (χ4n) is 1.72. The first-order valence-corrected chi connectivity index (χ1v) is 8.56. The van der Waals surface area contributed by atoms with Crippen LogP contribution in [0.3, 0.4) is 0 Å². The van der Waals surface area contributed by atoms with Gasteiger partial charge in [-0.2, -0.15) is 0 Å². The van der Waals surface area contributed by atoms with Crippen LogP contribution >= 0.6 is 34.4 Å². The van der Waals surface area contributed by atoms with E-state index in [1.165, 1.54) is 0 Å². The Morgan fingerprint density at radius 3 is 2.55 bits per heavy atom. The molecule has 1 N–H and O–H groups in total. The lowest BCUT2D eigenvalue weighted by molar-refractivity contribution is 0.102. The van der Waals surface area contributed by atoms with E-state index in [-0.39, 0.29) is 5.91 Å². The molecule has 0 saturated carbocycles. The molecule has 0 radical (unpaired) electrons. The van der Waals surface area contributed by atoms with Crippen LogP contribution in [0.15, 0.2) is 53.4 Å². The highest BCUT2D eigenvalue weighted by molar-refractivity contribution is 14.1. The van der Waals surface area contributed by atoms with Gasteiger partial charge in [-0.25, -0.2) is 0 Å². The quantitative estimate of drug-likeness (QED) is 0.566. The summed E-state index contributed by atoms with van der Waals surface area (Å²) in [6, 6.07) is 15.5. The molecule has 0 unspecified atom stereocenters. The Balaban J connectivity index is 2.14. The summed E-state index contributed by atoms with van der Waals surface area (Å²) in [6.07, 6.45) is 1.09. The second kappa shape index (κ2) is 7.69. The third-order valence-electron chi connectivity index (χ3n) is 2.70. The molecule has 0 atom stereocenters. The Bertz CT molecular complexity index is 583. The maximum atomic E-state index is 12.4. The van der Waals surface area contributed by atoms with Crippen LogP contribution in [0.1, 0.15) is 23.7 Å². The van der Waals surface area contributed by atoms with Crippen molar-refractivity contribution in [2.45, 2.75) is 18.2 Å². The van der Waals surface area contributed by atoms with E-state index in [9.17, 15) is 4.79 Å². The molecule has 2 aromatic rings. The Kier molecular flexibility index (Phi) is 5.91. The van der Waals surface area contributed by atoms with Crippen molar-refractivity contribution < 1.29 is 4.79 Å². The minimum absolute atomic E-state index is 0.0505. The number of hydrogen-bond acceptors (Lipinski definition) is 2. The Morgan fingerprint density at radius 2 is 1.85 bits per heavy atom. The number of nitrogens with one attached hydrogen (secondary N) is 1. The van der Waals surface area contributed by atoms with Gasteiger partial charge in [0.15, 0.2) is 0 Å². The molecule has 2 rings (SSSR count). The molecule has 20 heavy (non-hydrogen) atoms. The van der Waals surface area contributed by atoms with Gasteiger partial charge < -0.3 is 5.32 Å². The van der Waals surface area contributed by atoms with Gasteiger partial charge in [0.05, 0.1) is 5.56 Å². The van der Waals surface area contributed by atoms with Crippen LogP contribution in [0.2, 0.25) is 0 Å². The molecule has 0 heterocycles. The predicted octanol–water partition coefficient (Wildman–Crippen LogP) is 5.05. The van der Waals surface area contributed by atoms with E-state index < -0.39 is 0 Å². The number of thioether (sulfide) groups is 1. The van der Waals surface area contributed by atoms with Crippen molar-refractivity contribution in [2.75, 3.05) is 11.1 Å². The SMILES string of the molecule is CCCSc1ccccc1C(=O)Nc1ccc(I)cc1. The smallest absolute Gasteiger partial charge is 0.256 e. The van der Waals surface area contributed by atoms with Crippen LogP contribution < -0.4 is 5.32 Å². The predicted molar refractivity (Wildman–Crippen MR) is 94.6 cm³/mol. The molecule has 0 aliphatic rings. The lowest BCUT2D eigenvalue weighted by Crippen LogP contribution is -2.12. The van der Waals surface area contributed by atoms with Gasteiger partial charge in [-0.1, -0.05) is 19.1 Å². The van der Waals surface area contributed by atoms with E-state index in [0.717, 1.165) is 31.9 Å². The molecule has 0 saturated heterocycles. The van der Waals surface area contributed by atoms with Crippen molar-refractivity contribution in [1.82, 2.24) is 0 Å². The Hall–Kier alpha value is -1.01. The maximum Gasteiger partial charge on any atom is 0.256 e. The number of hydrogen-bond donors (Lipinski definition) is 1. The largest absolute Gasteiger partial charge is 0.322 e. The van der Waals surface area contributed by atoms with E-state index in [1.54, 1.807) is 11.8 Å². The van der Waals surface area contributed by atoms with E-state index in [4.69, 9.17) is 0 Å². The highest BCUT2D eigenvalue weighted by Crippen LogP contribution is 2.24. The van der Waals surface area contributed by atoms with Crippen LogP contribution in [-0.2, 0) is 0 Å². The van der Waals surface area contributed by atoms with E-state index in [0.29, 0.717) is 0 Å². The van der Waals surface area contributed by atoms with Crippen LogP contribution in [0, 0.1) is 3.57 Å². The molecular formula is C16H16INOS. The molecule has 2 aromatic carbocycles. The van der Waals surface area contributed by atoms with Gasteiger partial charge in [-0.15, -0.1) is 11.8 Å². The van der Waals surface area contributed by atoms with E-state index in [2.05, 4.69) is 34.8 Å². The molecule has 0 spiro atoms. The highest BCUT2D eigenvalue weighted by atomic mass is 127. The van der Waals surface area contributed by atoms with Gasteiger partial charge >= 0.3 is 0 Å². The normalized spacial score (nSPS) is 10.3. The van der Waals surface area contributed by atoms with Crippen LogP contribution in [0.5, 0.6) is 0 Å². The topological polar surface area (TPSA) is 29.1 Å². The summed E-state index contributed by atoms with van der Waals surface area (Å²) < 4.78 is 1.15. The number of rotatable bonds is 5. The summed E-state index contributed by atoms with van der Waals surface area (Å²) in [5.41, 5.74) is 1.57.